The van der Waals surface area contributed by atoms with E-state index in [0.717, 1.165) is 25.9 Å². The largest absolute Gasteiger partial charge is 0.496 e. The maximum Gasteiger partial charge on any atom is 0.325 e. The lowest BCUT2D eigenvalue weighted by Crippen LogP contribution is -2.32. The number of halogens is 1. The first-order valence-corrected chi connectivity index (χ1v) is 6.31. The first-order valence-electron chi connectivity index (χ1n) is 5.94. The lowest BCUT2D eigenvalue weighted by atomic mass is 10.0. The van der Waals surface area contributed by atoms with Gasteiger partial charge in [0.2, 0.25) is 0 Å². The van der Waals surface area contributed by atoms with Gasteiger partial charge in [-0.25, -0.2) is 0 Å². The summed E-state index contributed by atoms with van der Waals surface area (Å²) in [5, 5.41) is 9.98. The minimum Gasteiger partial charge on any atom is -0.496 e. The van der Waals surface area contributed by atoms with E-state index in [1.165, 1.54) is 7.11 Å². The van der Waals surface area contributed by atoms with Crippen LogP contribution in [0.3, 0.4) is 0 Å². The van der Waals surface area contributed by atoms with Crippen LogP contribution < -0.4 is 4.74 Å². The summed E-state index contributed by atoms with van der Waals surface area (Å²) in [4.78, 5) is 13.5. The second-order valence-electron chi connectivity index (χ2n) is 4.37. The summed E-state index contributed by atoms with van der Waals surface area (Å²) in [6.45, 7) is 1.60. The number of carbonyl (C=O) groups is 1. The van der Waals surface area contributed by atoms with E-state index in [9.17, 15) is 9.90 Å². The highest BCUT2D eigenvalue weighted by atomic mass is 35.5. The van der Waals surface area contributed by atoms with Gasteiger partial charge in [-0.2, -0.15) is 0 Å². The summed E-state index contributed by atoms with van der Waals surface area (Å²) in [7, 11) is 1.54. The monoisotopic (exact) mass is 269 g/mol. The highest BCUT2D eigenvalue weighted by molar-refractivity contribution is 6.30. The van der Waals surface area contributed by atoms with E-state index < -0.39 is 12.0 Å². The van der Waals surface area contributed by atoms with E-state index in [2.05, 4.69) is 0 Å². The molecule has 0 aromatic heterocycles. The number of hydrogen-bond acceptors (Lipinski definition) is 3. The van der Waals surface area contributed by atoms with E-state index in [4.69, 9.17) is 16.3 Å². The minimum absolute atomic E-state index is 0.524. The van der Waals surface area contributed by atoms with Gasteiger partial charge in [0.1, 0.15) is 11.8 Å². The Labute approximate surface area is 111 Å². The highest BCUT2D eigenvalue weighted by Gasteiger charge is 2.31. The number of carboxylic acids is 1. The molecule has 1 aromatic rings. The number of rotatable bonds is 4. The molecule has 1 aromatic carbocycles. The average molecular weight is 270 g/mol. The van der Waals surface area contributed by atoms with Crippen LogP contribution in [-0.2, 0) is 4.79 Å². The predicted octanol–water partition coefficient (Wildman–Crippen LogP) is 2.57. The van der Waals surface area contributed by atoms with E-state index in [1.807, 2.05) is 4.90 Å². The van der Waals surface area contributed by atoms with Crippen molar-refractivity contribution in [3.05, 3.63) is 28.8 Å². The molecule has 1 aliphatic heterocycles. The van der Waals surface area contributed by atoms with Gasteiger partial charge in [0.25, 0.3) is 0 Å². The van der Waals surface area contributed by atoms with Gasteiger partial charge < -0.3 is 9.84 Å². The zero-order chi connectivity index (χ0) is 13.1. The van der Waals surface area contributed by atoms with Crippen LogP contribution in [0.5, 0.6) is 5.75 Å². The number of methoxy groups -OCH3 is 1. The molecule has 1 fully saturated rings. The molecule has 0 aliphatic carbocycles. The maximum atomic E-state index is 11.5. The summed E-state index contributed by atoms with van der Waals surface area (Å²) in [6.07, 6.45) is 2.07. The SMILES string of the molecule is COc1ccc(Cl)cc1C(C(=O)O)N1CCCC1. The van der Waals surface area contributed by atoms with Crippen molar-refractivity contribution in [3.8, 4) is 5.75 Å². The number of ether oxygens (including phenoxy) is 1. The standard InChI is InChI=1S/C13H16ClNO3/c1-18-11-5-4-9(14)8-10(11)12(13(16)17)15-6-2-3-7-15/h4-5,8,12H,2-3,6-7H2,1H3,(H,16,17). The average Bonchev–Trinajstić information content (AvgIpc) is 2.83. The third kappa shape index (κ3) is 2.60. The Morgan fingerprint density at radius 3 is 2.67 bits per heavy atom. The Kier molecular flexibility index (Phi) is 4.09. The second kappa shape index (κ2) is 5.59. The van der Waals surface area contributed by atoms with Gasteiger partial charge in [0.15, 0.2) is 0 Å². The van der Waals surface area contributed by atoms with E-state index in [0.29, 0.717) is 16.3 Å². The van der Waals surface area contributed by atoms with Gasteiger partial charge in [0.05, 0.1) is 7.11 Å². The van der Waals surface area contributed by atoms with Crippen molar-refractivity contribution < 1.29 is 14.6 Å². The molecule has 1 N–H and O–H groups in total. The quantitative estimate of drug-likeness (QED) is 0.913. The topological polar surface area (TPSA) is 49.8 Å². The van der Waals surface area contributed by atoms with Crippen molar-refractivity contribution in [2.75, 3.05) is 20.2 Å². The van der Waals surface area contributed by atoms with Crippen LogP contribution in [0.2, 0.25) is 5.02 Å². The van der Waals surface area contributed by atoms with Crippen LogP contribution in [0.4, 0.5) is 0 Å². The first-order chi connectivity index (χ1) is 8.63. The lowest BCUT2D eigenvalue weighted by molar-refractivity contribution is -0.143. The van der Waals surface area contributed by atoms with Crippen molar-refractivity contribution in [2.45, 2.75) is 18.9 Å². The molecule has 0 amide bonds. The van der Waals surface area contributed by atoms with E-state index >= 15 is 0 Å². The van der Waals surface area contributed by atoms with Crippen molar-refractivity contribution in [1.82, 2.24) is 4.90 Å². The summed E-state index contributed by atoms with van der Waals surface area (Å²) >= 11 is 5.96. The lowest BCUT2D eigenvalue weighted by Gasteiger charge is -2.25. The Balaban J connectivity index is 2.40. The van der Waals surface area contributed by atoms with E-state index in [1.54, 1.807) is 18.2 Å². The van der Waals surface area contributed by atoms with Gasteiger partial charge in [-0.1, -0.05) is 11.6 Å². The third-order valence-electron chi connectivity index (χ3n) is 3.23. The number of likely N-dealkylation sites (tertiary alicyclic amines) is 1. The molecule has 1 heterocycles. The number of nitrogens with zero attached hydrogens (tertiary/aromatic N) is 1. The van der Waals surface area contributed by atoms with Crippen LogP contribution in [0.1, 0.15) is 24.4 Å². The molecule has 1 unspecified atom stereocenters. The van der Waals surface area contributed by atoms with Crippen LogP contribution in [0.15, 0.2) is 18.2 Å². The zero-order valence-electron chi connectivity index (χ0n) is 10.2. The molecule has 0 saturated carbocycles. The van der Waals surface area contributed by atoms with E-state index in [-0.39, 0.29) is 0 Å². The van der Waals surface area contributed by atoms with Crippen molar-refractivity contribution >= 4 is 17.6 Å². The predicted molar refractivity (Wildman–Crippen MR) is 69.2 cm³/mol. The molecule has 0 radical (unpaired) electrons. The second-order valence-corrected chi connectivity index (χ2v) is 4.81. The maximum absolute atomic E-state index is 11.5. The fraction of sp³-hybridized carbons (Fsp3) is 0.462. The molecule has 98 valence electrons. The summed E-state index contributed by atoms with van der Waals surface area (Å²) in [5.41, 5.74) is 0.624. The number of carboxylic acid groups (broad SMARTS) is 1. The summed E-state index contributed by atoms with van der Waals surface area (Å²) < 4.78 is 5.24. The normalized spacial score (nSPS) is 17.7. The molecular formula is C13H16ClNO3. The number of hydrogen-bond donors (Lipinski definition) is 1. The van der Waals surface area contributed by atoms with Gasteiger partial charge in [-0.3, -0.25) is 9.69 Å². The van der Waals surface area contributed by atoms with Gasteiger partial charge >= 0.3 is 5.97 Å². The Bertz CT molecular complexity index is 444. The Morgan fingerprint density at radius 1 is 1.44 bits per heavy atom. The van der Waals surface area contributed by atoms with Crippen LogP contribution in [0.25, 0.3) is 0 Å². The molecule has 4 nitrogen and oxygen atoms in total. The minimum atomic E-state index is -0.863. The van der Waals surface area contributed by atoms with Crippen molar-refractivity contribution in [1.29, 1.82) is 0 Å². The van der Waals surface area contributed by atoms with Crippen LogP contribution in [0, 0.1) is 0 Å². The summed E-state index contributed by atoms with van der Waals surface area (Å²) in [5.74, 6) is -0.295. The Hall–Kier alpha value is -1.26. The van der Waals surface area contributed by atoms with Crippen LogP contribution in [-0.4, -0.2) is 36.2 Å². The Morgan fingerprint density at radius 2 is 2.11 bits per heavy atom. The molecule has 5 heteroatoms. The highest BCUT2D eigenvalue weighted by Crippen LogP contribution is 2.33. The fourth-order valence-electron chi connectivity index (χ4n) is 2.40. The van der Waals surface area contributed by atoms with Crippen molar-refractivity contribution in [3.63, 3.8) is 0 Å². The number of aliphatic carboxylic acids is 1. The third-order valence-corrected chi connectivity index (χ3v) is 3.46. The van der Waals surface area contributed by atoms with Crippen molar-refractivity contribution in [2.24, 2.45) is 0 Å². The summed E-state index contributed by atoms with van der Waals surface area (Å²) in [6, 6.07) is 4.41. The molecule has 1 atom stereocenters. The molecule has 1 saturated heterocycles. The smallest absolute Gasteiger partial charge is 0.325 e. The van der Waals surface area contributed by atoms with Gasteiger partial charge in [-0.05, 0) is 44.1 Å². The zero-order valence-corrected chi connectivity index (χ0v) is 11.0. The molecule has 18 heavy (non-hydrogen) atoms. The molecule has 1 aliphatic rings. The molecule has 2 rings (SSSR count). The molecule has 0 bridgehead atoms. The van der Waals surface area contributed by atoms with Crippen LogP contribution >= 0.6 is 11.6 Å². The van der Waals surface area contributed by atoms with Gasteiger partial charge in [-0.15, -0.1) is 0 Å². The fourth-order valence-corrected chi connectivity index (χ4v) is 2.59. The molecular weight excluding hydrogens is 254 g/mol. The first kappa shape index (κ1) is 13.2. The molecule has 0 spiro atoms. The number of benzene rings is 1. The van der Waals surface area contributed by atoms with Gasteiger partial charge in [0, 0.05) is 10.6 Å².